The van der Waals surface area contributed by atoms with Crippen LogP contribution in [-0.2, 0) is 6.54 Å². The van der Waals surface area contributed by atoms with Crippen molar-refractivity contribution >= 4 is 15.9 Å². The first kappa shape index (κ1) is 12.3. The fraction of sp³-hybridized carbons (Fsp3) is 0.538. The lowest BCUT2D eigenvalue weighted by molar-refractivity contribution is 0.173. The van der Waals surface area contributed by atoms with Crippen LogP contribution in [0, 0.1) is 0 Å². The van der Waals surface area contributed by atoms with E-state index in [1.165, 1.54) is 5.56 Å². The Kier molecular flexibility index (Phi) is 3.46. The molecule has 2 aliphatic rings. The van der Waals surface area contributed by atoms with Crippen LogP contribution in [0.25, 0.3) is 0 Å². The van der Waals surface area contributed by atoms with Crippen molar-refractivity contribution in [3.05, 3.63) is 22.2 Å². The molecule has 2 heterocycles. The molecule has 0 spiro atoms. The molecule has 0 aromatic heterocycles. The summed E-state index contributed by atoms with van der Waals surface area (Å²) in [4.78, 5) is 2.46. The van der Waals surface area contributed by atoms with Gasteiger partial charge in [0.05, 0.1) is 0 Å². The first-order valence-electron chi connectivity index (χ1n) is 6.26. The number of piperazine rings is 1. The number of hydrogen-bond acceptors (Lipinski definition) is 4. The molecule has 0 amide bonds. The Morgan fingerprint density at radius 2 is 2.17 bits per heavy atom. The summed E-state index contributed by atoms with van der Waals surface area (Å²) >= 11 is 3.61. The van der Waals surface area contributed by atoms with E-state index in [1.807, 2.05) is 6.07 Å². The lowest BCUT2D eigenvalue weighted by atomic mass is 10.1. The number of halogens is 1. The monoisotopic (exact) mass is 312 g/mol. The van der Waals surface area contributed by atoms with Crippen LogP contribution in [0.1, 0.15) is 12.5 Å². The largest absolute Gasteiger partial charge is 0.454 e. The van der Waals surface area contributed by atoms with Gasteiger partial charge in [0.1, 0.15) is 0 Å². The van der Waals surface area contributed by atoms with Crippen LogP contribution in [0.4, 0.5) is 0 Å². The summed E-state index contributed by atoms with van der Waals surface area (Å²) in [5.74, 6) is 1.69. The third-order valence-electron chi connectivity index (χ3n) is 3.39. The SMILES string of the molecule is CC1CN(Cc2cc3c(cc2Br)OCO3)CCN1. The van der Waals surface area contributed by atoms with E-state index in [0.717, 1.165) is 42.2 Å². The molecule has 0 saturated carbocycles. The average Bonchev–Trinajstić information content (AvgIpc) is 2.76. The highest BCUT2D eigenvalue weighted by Crippen LogP contribution is 2.37. The Labute approximate surface area is 115 Å². The van der Waals surface area contributed by atoms with Gasteiger partial charge < -0.3 is 14.8 Å². The van der Waals surface area contributed by atoms with Crippen LogP contribution in [-0.4, -0.2) is 37.4 Å². The van der Waals surface area contributed by atoms with Crippen LogP contribution < -0.4 is 14.8 Å². The Balaban J connectivity index is 1.76. The molecule has 98 valence electrons. The second-order valence-corrected chi connectivity index (χ2v) is 5.74. The lowest BCUT2D eigenvalue weighted by Gasteiger charge is -2.32. The number of hydrogen-bond donors (Lipinski definition) is 1. The summed E-state index contributed by atoms with van der Waals surface area (Å²) in [6.07, 6.45) is 0. The van der Waals surface area contributed by atoms with Crippen molar-refractivity contribution < 1.29 is 9.47 Å². The van der Waals surface area contributed by atoms with Crippen molar-refractivity contribution in [1.29, 1.82) is 0 Å². The van der Waals surface area contributed by atoms with Crippen LogP contribution >= 0.6 is 15.9 Å². The Bertz CT molecular complexity index is 453. The molecule has 4 nitrogen and oxygen atoms in total. The van der Waals surface area contributed by atoms with Gasteiger partial charge in [-0.25, -0.2) is 0 Å². The minimum Gasteiger partial charge on any atom is -0.454 e. The van der Waals surface area contributed by atoms with E-state index in [9.17, 15) is 0 Å². The van der Waals surface area contributed by atoms with Gasteiger partial charge in [-0.1, -0.05) is 15.9 Å². The zero-order valence-corrected chi connectivity index (χ0v) is 12.0. The summed E-state index contributed by atoms with van der Waals surface area (Å²) in [6, 6.07) is 4.65. The van der Waals surface area contributed by atoms with E-state index in [0.29, 0.717) is 12.8 Å². The van der Waals surface area contributed by atoms with Crippen molar-refractivity contribution in [1.82, 2.24) is 10.2 Å². The molecule has 5 heteroatoms. The molecule has 0 aliphatic carbocycles. The fourth-order valence-electron chi connectivity index (χ4n) is 2.48. The van der Waals surface area contributed by atoms with Crippen molar-refractivity contribution in [2.75, 3.05) is 26.4 Å². The van der Waals surface area contributed by atoms with Gasteiger partial charge in [0, 0.05) is 36.7 Å². The second kappa shape index (κ2) is 5.07. The number of nitrogens with zero attached hydrogens (tertiary/aromatic N) is 1. The van der Waals surface area contributed by atoms with Crippen molar-refractivity contribution in [2.45, 2.75) is 19.5 Å². The van der Waals surface area contributed by atoms with Crippen LogP contribution in [0.3, 0.4) is 0 Å². The third kappa shape index (κ3) is 2.48. The second-order valence-electron chi connectivity index (χ2n) is 4.89. The highest BCUT2D eigenvalue weighted by Gasteiger charge is 2.20. The lowest BCUT2D eigenvalue weighted by Crippen LogP contribution is -2.48. The van der Waals surface area contributed by atoms with Gasteiger partial charge in [0.25, 0.3) is 0 Å². The molecule has 1 aromatic rings. The maximum Gasteiger partial charge on any atom is 0.231 e. The van der Waals surface area contributed by atoms with E-state index >= 15 is 0 Å². The van der Waals surface area contributed by atoms with Gasteiger partial charge in [-0.05, 0) is 24.6 Å². The van der Waals surface area contributed by atoms with Crippen molar-refractivity contribution in [2.24, 2.45) is 0 Å². The van der Waals surface area contributed by atoms with E-state index in [-0.39, 0.29) is 0 Å². The van der Waals surface area contributed by atoms with Crippen LogP contribution in [0.2, 0.25) is 0 Å². The predicted octanol–water partition coefficient (Wildman–Crippen LogP) is 1.97. The highest BCUT2D eigenvalue weighted by molar-refractivity contribution is 9.10. The van der Waals surface area contributed by atoms with E-state index in [2.05, 4.69) is 39.1 Å². The molecular formula is C13H17BrN2O2. The topological polar surface area (TPSA) is 33.7 Å². The van der Waals surface area contributed by atoms with E-state index < -0.39 is 0 Å². The summed E-state index contributed by atoms with van der Waals surface area (Å²) in [5.41, 5.74) is 1.26. The maximum atomic E-state index is 5.43. The Hall–Kier alpha value is -0.780. The van der Waals surface area contributed by atoms with Crippen LogP contribution in [0.15, 0.2) is 16.6 Å². The van der Waals surface area contributed by atoms with Gasteiger partial charge in [0.15, 0.2) is 11.5 Å². The first-order chi connectivity index (χ1) is 8.72. The molecule has 1 saturated heterocycles. The molecule has 1 aromatic carbocycles. The predicted molar refractivity (Wildman–Crippen MR) is 73.0 cm³/mol. The van der Waals surface area contributed by atoms with Crippen molar-refractivity contribution in [3.8, 4) is 11.5 Å². The molecule has 3 rings (SSSR count). The Morgan fingerprint density at radius 3 is 2.94 bits per heavy atom. The zero-order chi connectivity index (χ0) is 12.5. The van der Waals surface area contributed by atoms with E-state index in [4.69, 9.17) is 9.47 Å². The number of nitrogens with one attached hydrogen (secondary N) is 1. The fourth-order valence-corrected chi connectivity index (χ4v) is 2.92. The number of rotatable bonds is 2. The molecule has 0 radical (unpaired) electrons. The van der Waals surface area contributed by atoms with E-state index in [1.54, 1.807) is 0 Å². The van der Waals surface area contributed by atoms with Gasteiger partial charge in [0.2, 0.25) is 6.79 Å². The molecular weight excluding hydrogens is 296 g/mol. The summed E-state index contributed by atoms with van der Waals surface area (Å²) < 4.78 is 11.9. The molecule has 18 heavy (non-hydrogen) atoms. The minimum absolute atomic E-state index is 0.329. The molecule has 1 unspecified atom stereocenters. The van der Waals surface area contributed by atoms with Gasteiger partial charge in [-0.3, -0.25) is 4.90 Å². The molecule has 0 bridgehead atoms. The number of fused-ring (bicyclic) bond motifs is 1. The third-order valence-corrected chi connectivity index (χ3v) is 4.13. The Morgan fingerprint density at radius 1 is 1.39 bits per heavy atom. The molecule has 1 fully saturated rings. The highest BCUT2D eigenvalue weighted by atomic mass is 79.9. The summed E-state index contributed by atoms with van der Waals surface area (Å²) in [5, 5.41) is 3.46. The number of ether oxygens (including phenoxy) is 2. The van der Waals surface area contributed by atoms with Gasteiger partial charge >= 0.3 is 0 Å². The van der Waals surface area contributed by atoms with Gasteiger partial charge in [-0.2, -0.15) is 0 Å². The van der Waals surface area contributed by atoms with Crippen molar-refractivity contribution in [3.63, 3.8) is 0 Å². The minimum atomic E-state index is 0.329. The smallest absolute Gasteiger partial charge is 0.231 e. The summed E-state index contributed by atoms with van der Waals surface area (Å²) in [7, 11) is 0. The maximum absolute atomic E-state index is 5.43. The first-order valence-corrected chi connectivity index (χ1v) is 7.05. The summed E-state index contributed by atoms with van der Waals surface area (Å²) in [6.45, 7) is 6.73. The quantitative estimate of drug-likeness (QED) is 0.905. The average molecular weight is 313 g/mol. The molecule has 1 N–H and O–H groups in total. The van der Waals surface area contributed by atoms with Gasteiger partial charge in [-0.15, -0.1) is 0 Å². The zero-order valence-electron chi connectivity index (χ0n) is 10.4. The van der Waals surface area contributed by atoms with Crippen LogP contribution in [0.5, 0.6) is 11.5 Å². The standard InChI is InChI=1S/C13H17BrN2O2/c1-9-6-16(3-2-15-9)7-10-4-12-13(5-11(10)14)18-8-17-12/h4-5,9,15H,2-3,6-8H2,1H3. The normalized spacial score (nSPS) is 23.3. The molecule has 2 aliphatic heterocycles. The number of benzene rings is 1. The molecule has 1 atom stereocenters.